The van der Waals surface area contributed by atoms with Crippen molar-refractivity contribution < 1.29 is 14.7 Å². The summed E-state index contributed by atoms with van der Waals surface area (Å²) in [7, 11) is 0. The molecule has 1 rings (SSSR count). The van der Waals surface area contributed by atoms with Crippen molar-refractivity contribution in [3.05, 3.63) is 35.9 Å². The second-order valence-corrected chi connectivity index (χ2v) is 5.21. The van der Waals surface area contributed by atoms with Crippen LogP contribution < -0.4 is 11.1 Å². The number of hydrogen-bond acceptors (Lipinski definition) is 3. The molecule has 5 heteroatoms. The van der Waals surface area contributed by atoms with E-state index in [0.29, 0.717) is 6.42 Å². The van der Waals surface area contributed by atoms with Gasteiger partial charge in [-0.3, -0.25) is 4.79 Å². The molecule has 5 nitrogen and oxygen atoms in total. The molecule has 3 unspecified atom stereocenters. The highest BCUT2D eigenvalue weighted by Crippen LogP contribution is 2.20. The van der Waals surface area contributed by atoms with Gasteiger partial charge in [-0.2, -0.15) is 0 Å². The monoisotopic (exact) mass is 278 g/mol. The highest BCUT2D eigenvalue weighted by atomic mass is 16.4. The van der Waals surface area contributed by atoms with Gasteiger partial charge in [0.15, 0.2) is 0 Å². The molecule has 3 atom stereocenters. The van der Waals surface area contributed by atoms with Gasteiger partial charge in [-0.15, -0.1) is 0 Å². The number of carboxylic acids is 1. The highest BCUT2D eigenvalue weighted by molar-refractivity contribution is 5.88. The van der Waals surface area contributed by atoms with Crippen molar-refractivity contribution in [2.24, 2.45) is 11.7 Å². The first-order valence-electron chi connectivity index (χ1n) is 6.67. The third-order valence-corrected chi connectivity index (χ3v) is 3.71. The lowest BCUT2D eigenvalue weighted by Gasteiger charge is -2.28. The zero-order valence-electron chi connectivity index (χ0n) is 12.1. The summed E-state index contributed by atoms with van der Waals surface area (Å²) in [5.74, 6) is -1.91. The van der Waals surface area contributed by atoms with E-state index >= 15 is 0 Å². The zero-order chi connectivity index (χ0) is 15.3. The van der Waals surface area contributed by atoms with Crippen molar-refractivity contribution >= 4 is 11.9 Å². The van der Waals surface area contributed by atoms with E-state index in [9.17, 15) is 14.7 Å². The van der Waals surface area contributed by atoms with Crippen LogP contribution in [0.15, 0.2) is 30.3 Å². The first-order valence-corrected chi connectivity index (χ1v) is 6.67. The minimum atomic E-state index is -1.26. The SMILES string of the molecule is CCC(C)(NC(=O)C(C)C(N)c1ccccc1)C(=O)O. The Kier molecular flexibility index (Phi) is 5.27. The lowest BCUT2D eigenvalue weighted by Crippen LogP contribution is -2.54. The van der Waals surface area contributed by atoms with Gasteiger partial charge in [0.1, 0.15) is 5.54 Å². The number of aliphatic carboxylic acids is 1. The molecule has 0 saturated carbocycles. The van der Waals surface area contributed by atoms with Gasteiger partial charge in [0.2, 0.25) is 5.91 Å². The molecular formula is C15H22N2O3. The number of carboxylic acid groups (broad SMARTS) is 1. The van der Waals surface area contributed by atoms with Crippen LogP contribution in [0.5, 0.6) is 0 Å². The Morgan fingerprint density at radius 3 is 2.35 bits per heavy atom. The Balaban J connectivity index is 2.80. The van der Waals surface area contributed by atoms with Crippen molar-refractivity contribution in [2.45, 2.75) is 38.8 Å². The second-order valence-electron chi connectivity index (χ2n) is 5.21. The summed E-state index contributed by atoms with van der Waals surface area (Å²) in [4.78, 5) is 23.4. The van der Waals surface area contributed by atoms with Crippen LogP contribution in [0.4, 0.5) is 0 Å². The van der Waals surface area contributed by atoms with E-state index in [2.05, 4.69) is 5.32 Å². The van der Waals surface area contributed by atoms with Crippen LogP contribution in [-0.4, -0.2) is 22.5 Å². The van der Waals surface area contributed by atoms with E-state index in [0.717, 1.165) is 5.56 Å². The number of rotatable bonds is 6. The molecule has 0 spiro atoms. The lowest BCUT2D eigenvalue weighted by atomic mass is 9.92. The standard InChI is InChI=1S/C15H22N2O3/c1-4-15(3,14(19)20)17-13(18)10(2)12(16)11-8-6-5-7-9-11/h5-10,12H,4,16H2,1-3H3,(H,17,18)(H,19,20). The number of amides is 1. The predicted molar refractivity (Wildman–Crippen MR) is 77.0 cm³/mol. The van der Waals surface area contributed by atoms with Crippen LogP contribution in [0, 0.1) is 5.92 Å². The van der Waals surface area contributed by atoms with Crippen molar-refractivity contribution in [1.29, 1.82) is 0 Å². The van der Waals surface area contributed by atoms with E-state index in [1.807, 2.05) is 30.3 Å². The fourth-order valence-corrected chi connectivity index (χ4v) is 1.81. The summed E-state index contributed by atoms with van der Waals surface area (Å²) in [6, 6.07) is 8.82. The number of hydrogen-bond donors (Lipinski definition) is 3. The Bertz CT molecular complexity index is 475. The van der Waals surface area contributed by atoms with Crippen molar-refractivity contribution in [3.8, 4) is 0 Å². The average Bonchev–Trinajstić information content (AvgIpc) is 2.46. The van der Waals surface area contributed by atoms with Crippen molar-refractivity contribution in [1.82, 2.24) is 5.32 Å². The van der Waals surface area contributed by atoms with E-state index in [4.69, 9.17) is 5.73 Å². The van der Waals surface area contributed by atoms with Crippen LogP contribution in [0.2, 0.25) is 0 Å². The predicted octanol–water partition coefficient (Wildman–Crippen LogP) is 1.69. The summed E-state index contributed by atoms with van der Waals surface area (Å²) in [6.45, 7) is 4.91. The minimum absolute atomic E-state index is 0.307. The third-order valence-electron chi connectivity index (χ3n) is 3.71. The first-order chi connectivity index (χ1) is 9.31. The molecule has 1 aromatic carbocycles. The van der Waals surface area contributed by atoms with Gasteiger partial charge in [-0.1, -0.05) is 44.2 Å². The molecule has 0 fully saturated rings. The molecule has 110 valence electrons. The molecule has 0 aromatic heterocycles. The van der Waals surface area contributed by atoms with Crippen LogP contribution in [0.1, 0.15) is 38.8 Å². The normalized spacial score (nSPS) is 16.8. The Hall–Kier alpha value is -1.88. The second kappa shape index (κ2) is 6.52. The molecular weight excluding hydrogens is 256 g/mol. The lowest BCUT2D eigenvalue weighted by molar-refractivity contribution is -0.147. The van der Waals surface area contributed by atoms with Gasteiger partial charge in [-0.25, -0.2) is 4.79 Å². The maximum Gasteiger partial charge on any atom is 0.329 e. The smallest absolute Gasteiger partial charge is 0.329 e. The molecule has 1 aromatic rings. The van der Waals surface area contributed by atoms with Gasteiger partial charge < -0.3 is 16.2 Å². The summed E-state index contributed by atoms with van der Waals surface area (Å²) < 4.78 is 0. The fourth-order valence-electron chi connectivity index (χ4n) is 1.81. The van der Waals surface area contributed by atoms with E-state index in [1.165, 1.54) is 6.92 Å². The molecule has 1 amide bonds. The fraction of sp³-hybridized carbons (Fsp3) is 0.467. The highest BCUT2D eigenvalue weighted by Gasteiger charge is 2.35. The molecule has 0 aliphatic carbocycles. The van der Waals surface area contributed by atoms with Gasteiger partial charge in [-0.05, 0) is 18.9 Å². The Labute approximate surface area is 119 Å². The van der Waals surface area contributed by atoms with Crippen LogP contribution in [0.25, 0.3) is 0 Å². The van der Waals surface area contributed by atoms with Gasteiger partial charge in [0, 0.05) is 6.04 Å². The number of carbonyl (C=O) groups excluding carboxylic acids is 1. The Morgan fingerprint density at radius 2 is 1.90 bits per heavy atom. The minimum Gasteiger partial charge on any atom is -0.480 e. The Morgan fingerprint density at radius 1 is 1.35 bits per heavy atom. The van der Waals surface area contributed by atoms with Gasteiger partial charge >= 0.3 is 5.97 Å². The summed E-state index contributed by atoms with van der Waals surface area (Å²) in [5, 5.41) is 11.7. The summed E-state index contributed by atoms with van der Waals surface area (Å²) in [6.07, 6.45) is 0.307. The average molecular weight is 278 g/mol. The number of carbonyl (C=O) groups is 2. The maximum absolute atomic E-state index is 12.2. The van der Waals surface area contributed by atoms with Crippen molar-refractivity contribution in [2.75, 3.05) is 0 Å². The molecule has 0 aliphatic heterocycles. The molecule has 0 bridgehead atoms. The zero-order valence-corrected chi connectivity index (χ0v) is 12.1. The number of benzene rings is 1. The number of nitrogens with two attached hydrogens (primary N) is 1. The van der Waals surface area contributed by atoms with Crippen LogP contribution in [0.3, 0.4) is 0 Å². The number of nitrogens with one attached hydrogen (secondary N) is 1. The van der Waals surface area contributed by atoms with E-state index < -0.39 is 23.5 Å². The van der Waals surface area contributed by atoms with Gasteiger partial charge in [0.25, 0.3) is 0 Å². The van der Waals surface area contributed by atoms with E-state index in [1.54, 1.807) is 13.8 Å². The molecule has 0 saturated heterocycles. The topological polar surface area (TPSA) is 92.4 Å². The molecule has 0 radical (unpaired) electrons. The first kappa shape index (κ1) is 16.2. The van der Waals surface area contributed by atoms with Crippen molar-refractivity contribution in [3.63, 3.8) is 0 Å². The largest absolute Gasteiger partial charge is 0.480 e. The molecule has 0 aliphatic rings. The molecule has 4 N–H and O–H groups in total. The summed E-state index contributed by atoms with van der Waals surface area (Å²) >= 11 is 0. The summed E-state index contributed by atoms with van der Waals surface area (Å²) in [5.41, 5.74) is 5.66. The van der Waals surface area contributed by atoms with Crippen LogP contribution in [-0.2, 0) is 9.59 Å². The molecule has 0 heterocycles. The molecule has 20 heavy (non-hydrogen) atoms. The van der Waals surface area contributed by atoms with Crippen LogP contribution >= 0.6 is 0 Å². The quantitative estimate of drug-likeness (QED) is 0.738. The third kappa shape index (κ3) is 3.57. The maximum atomic E-state index is 12.2. The van der Waals surface area contributed by atoms with E-state index in [-0.39, 0.29) is 5.91 Å². The van der Waals surface area contributed by atoms with Gasteiger partial charge in [0.05, 0.1) is 5.92 Å².